The number of aliphatic hydroxyl groups is 2. The molecule has 0 aromatic carbocycles. The predicted molar refractivity (Wildman–Crippen MR) is 113 cm³/mol. The quantitative estimate of drug-likeness (QED) is 0.501. The smallest absolute Gasteiger partial charge is 0.332 e. The molecule has 0 spiro atoms. The van der Waals surface area contributed by atoms with Gasteiger partial charge in [-0.25, -0.2) is 9.48 Å². The molecule has 0 bridgehead atoms. The molecule has 166 valence electrons. The third-order valence-electron chi connectivity index (χ3n) is 5.07. The molecule has 2 N–H and O–H groups in total. The van der Waals surface area contributed by atoms with Crippen LogP contribution in [0.2, 0.25) is 0 Å². The summed E-state index contributed by atoms with van der Waals surface area (Å²) < 4.78 is 9.76. The number of aliphatic hydroxyl groups excluding tert-OH is 2. The number of nitrogens with zero attached hydrogens (tertiary/aromatic N) is 5. The Morgan fingerprint density at radius 2 is 2.10 bits per heavy atom. The Morgan fingerprint density at radius 1 is 1.30 bits per heavy atom. The van der Waals surface area contributed by atoms with E-state index in [1.165, 1.54) is 22.5 Å². The summed E-state index contributed by atoms with van der Waals surface area (Å²) in [5.74, 6) is 0. The zero-order valence-corrected chi connectivity index (χ0v) is 18.1. The number of hydrogen-bond acceptors (Lipinski definition) is 8. The first-order valence-corrected chi connectivity index (χ1v) is 11.1. The van der Waals surface area contributed by atoms with E-state index in [2.05, 4.69) is 17.2 Å². The lowest BCUT2D eigenvalue weighted by atomic mass is 10.2. The summed E-state index contributed by atoms with van der Waals surface area (Å²) >= 11 is 1.34. The van der Waals surface area contributed by atoms with Crippen molar-refractivity contribution >= 4 is 11.8 Å². The Kier molecular flexibility index (Phi) is 7.87. The molecule has 0 aliphatic carbocycles. The molecule has 0 saturated carbocycles. The van der Waals surface area contributed by atoms with E-state index in [4.69, 9.17) is 4.74 Å². The number of hydrogen-bond donors (Lipinski definition) is 2. The van der Waals surface area contributed by atoms with Gasteiger partial charge in [-0.15, -0.1) is 16.9 Å². The van der Waals surface area contributed by atoms with Crippen LogP contribution in [0.3, 0.4) is 0 Å². The Morgan fingerprint density at radius 3 is 2.80 bits per heavy atom. The van der Waals surface area contributed by atoms with Crippen molar-refractivity contribution in [3.63, 3.8) is 0 Å². The number of aryl methyl sites for hydroxylation is 1. The number of ether oxygens (including phenoxy) is 1. The van der Waals surface area contributed by atoms with Crippen molar-refractivity contribution in [2.45, 2.75) is 62.9 Å². The first-order chi connectivity index (χ1) is 14.4. The van der Waals surface area contributed by atoms with Crippen molar-refractivity contribution in [1.29, 1.82) is 0 Å². The average molecular weight is 440 g/mol. The summed E-state index contributed by atoms with van der Waals surface area (Å²) in [6.45, 7) is 5.38. The van der Waals surface area contributed by atoms with E-state index in [0.29, 0.717) is 37.4 Å². The highest BCUT2D eigenvalue weighted by atomic mass is 32.2. The molecular weight excluding hydrogens is 410 g/mol. The van der Waals surface area contributed by atoms with Gasteiger partial charge < -0.3 is 14.9 Å². The normalized spacial score (nSPS) is 21.4. The van der Waals surface area contributed by atoms with Gasteiger partial charge in [-0.3, -0.25) is 13.9 Å². The van der Waals surface area contributed by atoms with Crippen LogP contribution in [0, 0.1) is 6.92 Å². The molecule has 2 aromatic heterocycles. The monoisotopic (exact) mass is 439 g/mol. The fourth-order valence-electron chi connectivity index (χ4n) is 3.34. The van der Waals surface area contributed by atoms with Crippen molar-refractivity contribution in [3.8, 4) is 0 Å². The average Bonchev–Trinajstić information content (AvgIpc) is 3.33. The predicted octanol–water partition coefficient (Wildman–Crippen LogP) is 0.132. The third kappa shape index (κ3) is 5.20. The second-order valence-corrected chi connectivity index (χ2v) is 8.87. The van der Waals surface area contributed by atoms with Crippen molar-refractivity contribution in [3.05, 3.63) is 44.5 Å². The van der Waals surface area contributed by atoms with Crippen LogP contribution < -0.4 is 11.2 Å². The summed E-state index contributed by atoms with van der Waals surface area (Å²) in [6, 6.07) is 0. The van der Waals surface area contributed by atoms with Crippen molar-refractivity contribution in [1.82, 2.24) is 24.1 Å². The van der Waals surface area contributed by atoms with E-state index in [1.807, 2.05) is 0 Å². The highest BCUT2D eigenvalue weighted by Crippen LogP contribution is 2.40. The lowest BCUT2D eigenvalue weighted by molar-refractivity contribution is 0.120. The molecule has 3 unspecified atom stereocenters. The number of thioether (sulfide) groups is 1. The molecule has 2 aromatic rings. The Balaban J connectivity index is 1.75. The fourth-order valence-corrected chi connectivity index (χ4v) is 4.72. The molecule has 1 aliphatic heterocycles. The number of unbranched alkanes of at least 4 members (excludes halogenated alkanes) is 1. The van der Waals surface area contributed by atoms with Crippen molar-refractivity contribution < 1.29 is 14.9 Å². The molecule has 3 rings (SSSR count). The van der Waals surface area contributed by atoms with E-state index in [-0.39, 0.29) is 29.3 Å². The van der Waals surface area contributed by atoms with Gasteiger partial charge in [-0.05, 0) is 13.3 Å². The van der Waals surface area contributed by atoms with E-state index < -0.39 is 11.8 Å². The lowest BCUT2D eigenvalue weighted by Gasteiger charge is -2.16. The van der Waals surface area contributed by atoms with Crippen LogP contribution in [0.25, 0.3) is 0 Å². The van der Waals surface area contributed by atoms with Gasteiger partial charge in [0.05, 0.1) is 49.2 Å². The van der Waals surface area contributed by atoms with Crippen LogP contribution in [0.1, 0.15) is 42.8 Å². The first kappa shape index (κ1) is 22.7. The maximum Gasteiger partial charge on any atom is 0.332 e. The highest BCUT2D eigenvalue weighted by molar-refractivity contribution is 8.00. The lowest BCUT2D eigenvalue weighted by Crippen LogP contribution is -2.41. The topological polar surface area (TPSA) is 124 Å². The fraction of sp³-hybridized carbons (Fsp3) is 0.684. The minimum Gasteiger partial charge on any atom is -0.395 e. The van der Waals surface area contributed by atoms with Gasteiger partial charge in [-0.2, -0.15) is 0 Å². The van der Waals surface area contributed by atoms with Crippen LogP contribution in [-0.2, 0) is 17.8 Å². The molecule has 0 amide bonds. The van der Waals surface area contributed by atoms with Crippen LogP contribution in [0.15, 0.2) is 22.0 Å². The molecule has 30 heavy (non-hydrogen) atoms. The van der Waals surface area contributed by atoms with Gasteiger partial charge in [0.15, 0.2) is 0 Å². The zero-order chi connectivity index (χ0) is 21.7. The summed E-state index contributed by atoms with van der Waals surface area (Å²) in [7, 11) is 0. The SMILES string of the molecule is CCCCOCCn1cc(Cn2c(=O)c(C)cn(C3CC(O)C(CO)S3)c2=O)nn1. The van der Waals surface area contributed by atoms with E-state index in [1.54, 1.807) is 17.8 Å². The van der Waals surface area contributed by atoms with Crippen molar-refractivity contribution in [2.75, 3.05) is 19.8 Å². The Labute approximate surface area is 178 Å². The molecule has 10 nitrogen and oxygen atoms in total. The molecule has 3 atom stereocenters. The second-order valence-electron chi connectivity index (χ2n) is 7.45. The van der Waals surface area contributed by atoms with Gasteiger partial charge in [0, 0.05) is 24.8 Å². The molecule has 11 heteroatoms. The van der Waals surface area contributed by atoms with Crippen molar-refractivity contribution in [2.24, 2.45) is 0 Å². The largest absolute Gasteiger partial charge is 0.395 e. The standard InChI is InChI=1S/C19H29N5O5S/c1-3-4-6-29-7-5-22-10-14(20-21-22)11-24-18(27)13(2)9-23(19(24)28)17-8-15(26)16(12-25)30-17/h9-10,15-17,25-26H,3-8,11-12H2,1-2H3. The first-order valence-electron chi connectivity index (χ1n) is 10.2. The van der Waals surface area contributed by atoms with Gasteiger partial charge in [-0.1, -0.05) is 18.6 Å². The minimum absolute atomic E-state index is 0.0133. The molecular formula is C19H29N5O5S. The summed E-state index contributed by atoms with van der Waals surface area (Å²) in [4.78, 5) is 25.6. The van der Waals surface area contributed by atoms with E-state index in [9.17, 15) is 19.8 Å². The highest BCUT2D eigenvalue weighted by Gasteiger charge is 2.35. The summed E-state index contributed by atoms with van der Waals surface area (Å²) in [5, 5.41) is 26.9. The Bertz CT molecular complexity index is 956. The van der Waals surface area contributed by atoms with E-state index >= 15 is 0 Å². The Hall–Kier alpha value is -1.95. The molecule has 3 heterocycles. The van der Waals surface area contributed by atoms with E-state index in [0.717, 1.165) is 17.4 Å². The van der Waals surface area contributed by atoms with Crippen LogP contribution in [0.4, 0.5) is 0 Å². The number of rotatable bonds is 10. The molecule has 1 saturated heterocycles. The zero-order valence-electron chi connectivity index (χ0n) is 17.3. The van der Waals surface area contributed by atoms with Crippen LogP contribution >= 0.6 is 11.8 Å². The molecule has 1 fully saturated rings. The molecule has 1 aliphatic rings. The van der Waals surface area contributed by atoms with Crippen LogP contribution in [-0.4, -0.2) is 65.5 Å². The third-order valence-corrected chi connectivity index (χ3v) is 6.62. The minimum atomic E-state index is -0.697. The second kappa shape index (κ2) is 10.4. The summed E-state index contributed by atoms with van der Waals surface area (Å²) in [5.41, 5.74) is 0.0865. The number of aromatic nitrogens is 5. The summed E-state index contributed by atoms with van der Waals surface area (Å²) in [6.07, 6.45) is 4.96. The molecule has 0 radical (unpaired) electrons. The maximum atomic E-state index is 13.0. The van der Waals surface area contributed by atoms with Gasteiger partial charge in [0.25, 0.3) is 5.56 Å². The van der Waals surface area contributed by atoms with Crippen LogP contribution in [0.5, 0.6) is 0 Å². The maximum absolute atomic E-state index is 13.0. The van der Waals surface area contributed by atoms with Gasteiger partial charge >= 0.3 is 5.69 Å². The van der Waals surface area contributed by atoms with Gasteiger partial charge in [0.1, 0.15) is 5.69 Å². The van der Waals surface area contributed by atoms with Gasteiger partial charge in [0.2, 0.25) is 0 Å².